The smallest absolute Gasteiger partial charge is 0.234 e. The number of carbonyl (C=O) groups excluding carboxylic acids is 1. The highest BCUT2D eigenvalue weighted by Crippen LogP contribution is 2.29. The highest BCUT2D eigenvalue weighted by Gasteiger charge is 2.28. The third kappa shape index (κ3) is 4.98. The van der Waals surface area contributed by atoms with E-state index in [0.29, 0.717) is 31.5 Å². The average molecular weight is 344 g/mol. The molecule has 1 aliphatic rings. The average Bonchev–Trinajstić information content (AvgIpc) is 3.26. The summed E-state index contributed by atoms with van der Waals surface area (Å²) >= 11 is 0. The van der Waals surface area contributed by atoms with Crippen LogP contribution in [0.2, 0.25) is 0 Å². The zero-order valence-corrected chi connectivity index (χ0v) is 15.1. The summed E-state index contributed by atoms with van der Waals surface area (Å²) in [5.41, 5.74) is 0. The molecular formula is C20H28N2O3. The van der Waals surface area contributed by atoms with Crippen molar-refractivity contribution in [3.05, 3.63) is 48.3 Å². The van der Waals surface area contributed by atoms with Crippen LogP contribution in [0.5, 0.6) is 0 Å². The summed E-state index contributed by atoms with van der Waals surface area (Å²) in [5.74, 6) is 2.96. The molecule has 0 bridgehead atoms. The number of hydrogen-bond acceptors (Lipinski definition) is 4. The van der Waals surface area contributed by atoms with Gasteiger partial charge >= 0.3 is 0 Å². The van der Waals surface area contributed by atoms with Crippen molar-refractivity contribution >= 4 is 5.91 Å². The minimum Gasteiger partial charge on any atom is -0.468 e. The normalized spacial score (nSPS) is 23.7. The van der Waals surface area contributed by atoms with Crippen molar-refractivity contribution in [3.8, 4) is 0 Å². The molecule has 1 amide bonds. The molecule has 1 aliphatic carbocycles. The van der Waals surface area contributed by atoms with E-state index in [-0.39, 0.29) is 11.9 Å². The molecule has 2 aromatic heterocycles. The standard InChI is InChI=1S/C20H28N2O3/c1-15-6-3-9-19(16(15)2)21-20(23)14-22(12-17-7-4-10-24-17)13-18-8-5-11-25-18/h4-5,7-8,10-11,15-16,19H,3,6,9,12-14H2,1-2H3,(H,21,23). The molecule has 136 valence electrons. The molecule has 2 heterocycles. The van der Waals surface area contributed by atoms with Crippen molar-refractivity contribution in [3.63, 3.8) is 0 Å². The van der Waals surface area contributed by atoms with Crippen molar-refractivity contribution in [2.24, 2.45) is 11.8 Å². The largest absolute Gasteiger partial charge is 0.468 e. The van der Waals surface area contributed by atoms with Crippen LogP contribution in [0.15, 0.2) is 45.6 Å². The zero-order chi connectivity index (χ0) is 17.6. The van der Waals surface area contributed by atoms with E-state index in [1.165, 1.54) is 12.8 Å². The molecule has 3 atom stereocenters. The molecule has 0 aliphatic heterocycles. The third-order valence-corrected chi connectivity index (χ3v) is 5.34. The third-order valence-electron chi connectivity index (χ3n) is 5.34. The Labute approximate surface area is 149 Å². The molecular weight excluding hydrogens is 316 g/mol. The lowest BCUT2D eigenvalue weighted by molar-refractivity contribution is -0.124. The van der Waals surface area contributed by atoms with E-state index in [9.17, 15) is 4.79 Å². The topological polar surface area (TPSA) is 58.6 Å². The molecule has 25 heavy (non-hydrogen) atoms. The van der Waals surface area contributed by atoms with Crippen LogP contribution in [0.1, 0.15) is 44.6 Å². The fraction of sp³-hybridized carbons (Fsp3) is 0.550. The van der Waals surface area contributed by atoms with Crippen LogP contribution in [0.25, 0.3) is 0 Å². The quantitative estimate of drug-likeness (QED) is 0.830. The van der Waals surface area contributed by atoms with Crippen LogP contribution in [0.3, 0.4) is 0 Å². The van der Waals surface area contributed by atoms with Gasteiger partial charge in [0.25, 0.3) is 0 Å². The molecule has 1 N–H and O–H groups in total. The second-order valence-corrected chi connectivity index (χ2v) is 7.25. The Morgan fingerprint density at radius 3 is 2.32 bits per heavy atom. The van der Waals surface area contributed by atoms with E-state index in [0.717, 1.165) is 17.9 Å². The minimum absolute atomic E-state index is 0.0732. The second-order valence-electron chi connectivity index (χ2n) is 7.25. The highest BCUT2D eigenvalue weighted by molar-refractivity contribution is 5.78. The van der Waals surface area contributed by atoms with E-state index in [1.54, 1.807) is 12.5 Å². The summed E-state index contributed by atoms with van der Waals surface area (Å²) < 4.78 is 10.9. The van der Waals surface area contributed by atoms with Gasteiger partial charge in [0.2, 0.25) is 5.91 Å². The van der Waals surface area contributed by atoms with E-state index >= 15 is 0 Å². The van der Waals surface area contributed by atoms with Crippen LogP contribution in [-0.2, 0) is 17.9 Å². The highest BCUT2D eigenvalue weighted by atomic mass is 16.3. The number of nitrogens with zero attached hydrogens (tertiary/aromatic N) is 1. The van der Waals surface area contributed by atoms with Crippen LogP contribution >= 0.6 is 0 Å². The van der Waals surface area contributed by atoms with Gasteiger partial charge in [0.15, 0.2) is 0 Å². The summed E-state index contributed by atoms with van der Waals surface area (Å²) in [6.45, 7) is 6.02. The lowest BCUT2D eigenvalue weighted by atomic mass is 9.78. The van der Waals surface area contributed by atoms with E-state index in [2.05, 4.69) is 19.2 Å². The van der Waals surface area contributed by atoms with Gasteiger partial charge in [-0.2, -0.15) is 0 Å². The SMILES string of the molecule is CC1CCCC(NC(=O)CN(Cc2ccco2)Cc2ccco2)C1C. The van der Waals surface area contributed by atoms with Crippen LogP contribution in [0.4, 0.5) is 0 Å². The summed E-state index contributed by atoms with van der Waals surface area (Å²) in [4.78, 5) is 14.7. The summed E-state index contributed by atoms with van der Waals surface area (Å²) in [5, 5.41) is 3.25. The van der Waals surface area contributed by atoms with Gasteiger partial charge in [0.05, 0.1) is 32.2 Å². The Balaban J connectivity index is 1.59. The van der Waals surface area contributed by atoms with Gasteiger partial charge in [-0.15, -0.1) is 0 Å². The Bertz CT molecular complexity index is 600. The molecule has 2 aromatic rings. The van der Waals surface area contributed by atoms with Gasteiger partial charge in [0, 0.05) is 6.04 Å². The first kappa shape index (κ1) is 17.8. The van der Waals surface area contributed by atoms with Gasteiger partial charge in [-0.25, -0.2) is 0 Å². The van der Waals surface area contributed by atoms with Crippen molar-refractivity contribution in [1.29, 1.82) is 0 Å². The molecule has 3 unspecified atom stereocenters. The summed E-state index contributed by atoms with van der Waals surface area (Å²) in [6.07, 6.45) is 6.85. The summed E-state index contributed by atoms with van der Waals surface area (Å²) in [7, 11) is 0. The monoisotopic (exact) mass is 344 g/mol. The van der Waals surface area contributed by atoms with E-state index < -0.39 is 0 Å². The number of rotatable bonds is 7. The van der Waals surface area contributed by atoms with Crippen molar-refractivity contribution in [2.45, 2.75) is 52.2 Å². The van der Waals surface area contributed by atoms with Crippen molar-refractivity contribution < 1.29 is 13.6 Å². The van der Waals surface area contributed by atoms with Gasteiger partial charge in [-0.05, 0) is 42.5 Å². The maximum Gasteiger partial charge on any atom is 0.234 e. The number of hydrogen-bond donors (Lipinski definition) is 1. The van der Waals surface area contributed by atoms with Gasteiger partial charge < -0.3 is 14.2 Å². The Kier molecular flexibility index (Phi) is 5.97. The Hall–Kier alpha value is -2.01. The first-order valence-corrected chi connectivity index (χ1v) is 9.18. The second kappa shape index (κ2) is 8.39. The van der Waals surface area contributed by atoms with E-state index in [4.69, 9.17) is 8.83 Å². The summed E-state index contributed by atoms with van der Waals surface area (Å²) in [6, 6.07) is 7.87. The molecule has 1 fully saturated rings. The van der Waals surface area contributed by atoms with Crippen molar-refractivity contribution in [2.75, 3.05) is 6.54 Å². The maximum absolute atomic E-state index is 12.6. The number of amides is 1. The molecule has 0 radical (unpaired) electrons. The molecule has 0 aromatic carbocycles. The van der Waals surface area contributed by atoms with Crippen LogP contribution in [0, 0.1) is 11.8 Å². The lowest BCUT2D eigenvalue weighted by Crippen LogP contribution is -2.47. The number of carbonyl (C=O) groups is 1. The van der Waals surface area contributed by atoms with E-state index in [1.807, 2.05) is 29.2 Å². The predicted molar refractivity (Wildman–Crippen MR) is 95.6 cm³/mol. The van der Waals surface area contributed by atoms with Crippen LogP contribution < -0.4 is 5.32 Å². The minimum atomic E-state index is 0.0732. The molecule has 0 saturated heterocycles. The first-order chi connectivity index (χ1) is 12.1. The van der Waals surface area contributed by atoms with Crippen LogP contribution in [-0.4, -0.2) is 23.4 Å². The molecule has 5 nitrogen and oxygen atoms in total. The maximum atomic E-state index is 12.6. The molecule has 0 spiro atoms. The zero-order valence-electron chi connectivity index (χ0n) is 15.1. The van der Waals surface area contributed by atoms with Gasteiger partial charge in [-0.3, -0.25) is 9.69 Å². The molecule has 1 saturated carbocycles. The Morgan fingerprint density at radius 2 is 1.76 bits per heavy atom. The number of furan rings is 2. The molecule has 3 rings (SSSR count). The molecule has 5 heteroatoms. The van der Waals surface area contributed by atoms with Crippen molar-refractivity contribution in [1.82, 2.24) is 10.2 Å². The fourth-order valence-corrected chi connectivity index (χ4v) is 3.65. The number of nitrogens with one attached hydrogen (secondary N) is 1. The first-order valence-electron chi connectivity index (χ1n) is 9.18. The predicted octanol–water partition coefficient (Wildman–Crippen LogP) is 3.82. The Morgan fingerprint density at radius 1 is 1.12 bits per heavy atom. The van der Waals surface area contributed by atoms with Gasteiger partial charge in [0.1, 0.15) is 11.5 Å². The lowest BCUT2D eigenvalue weighted by Gasteiger charge is -2.35. The fourth-order valence-electron chi connectivity index (χ4n) is 3.65. The van der Waals surface area contributed by atoms with Gasteiger partial charge in [-0.1, -0.05) is 26.7 Å².